The van der Waals surface area contributed by atoms with Crippen molar-refractivity contribution < 1.29 is 23.8 Å². The Morgan fingerprint density at radius 1 is 1.14 bits per heavy atom. The van der Waals surface area contributed by atoms with Crippen LogP contribution >= 0.6 is 0 Å². The maximum absolute atomic E-state index is 13.2. The molecule has 1 aliphatic heterocycles. The van der Waals surface area contributed by atoms with E-state index in [0.29, 0.717) is 62.9 Å². The second-order valence-electron chi connectivity index (χ2n) is 8.56. The van der Waals surface area contributed by atoms with E-state index in [9.17, 15) is 9.90 Å². The zero-order valence-electron chi connectivity index (χ0n) is 20.1. The topological polar surface area (TPSA) is 75.4 Å². The van der Waals surface area contributed by atoms with Crippen molar-refractivity contribution in [2.75, 3.05) is 31.7 Å². The monoisotopic (exact) mass is 476 g/mol. The van der Waals surface area contributed by atoms with Crippen molar-refractivity contribution in [2.24, 2.45) is 0 Å². The summed E-state index contributed by atoms with van der Waals surface area (Å²) in [6.45, 7) is 5.61. The number of nitrogens with zero attached hydrogens (tertiary/aromatic N) is 2. The van der Waals surface area contributed by atoms with E-state index >= 15 is 0 Å². The number of furan rings is 1. The lowest BCUT2D eigenvalue weighted by atomic mass is 10.0. The highest BCUT2D eigenvalue weighted by Gasteiger charge is 2.28. The number of hydrogen-bond donors (Lipinski definition) is 1. The molecule has 0 aliphatic carbocycles. The summed E-state index contributed by atoms with van der Waals surface area (Å²) >= 11 is 0. The molecule has 184 valence electrons. The molecule has 0 fully saturated rings. The first kappa shape index (κ1) is 24.4. The van der Waals surface area contributed by atoms with Gasteiger partial charge in [0, 0.05) is 37.2 Å². The van der Waals surface area contributed by atoms with Crippen molar-refractivity contribution in [3.63, 3.8) is 0 Å². The highest BCUT2D eigenvalue weighted by Crippen LogP contribution is 2.40. The van der Waals surface area contributed by atoms with Gasteiger partial charge in [0.15, 0.2) is 11.5 Å². The third-order valence-electron chi connectivity index (χ3n) is 6.08. The molecule has 3 aromatic rings. The zero-order chi connectivity index (χ0) is 24.6. The van der Waals surface area contributed by atoms with Gasteiger partial charge in [0.05, 0.1) is 32.6 Å². The number of carbonyl (C=O) groups excluding carboxylic acids is 1. The third-order valence-corrected chi connectivity index (χ3v) is 6.08. The Bertz CT molecular complexity index is 1110. The molecule has 1 N–H and O–H groups in total. The molecule has 0 spiro atoms. The van der Waals surface area contributed by atoms with Crippen LogP contribution in [0.4, 0.5) is 5.69 Å². The van der Waals surface area contributed by atoms with Crippen LogP contribution in [0, 0.1) is 0 Å². The molecule has 1 unspecified atom stereocenters. The average Bonchev–Trinajstić information content (AvgIpc) is 3.38. The fourth-order valence-corrected chi connectivity index (χ4v) is 4.42. The Morgan fingerprint density at radius 2 is 1.97 bits per heavy atom. The highest BCUT2D eigenvalue weighted by molar-refractivity contribution is 5.79. The molecule has 7 heteroatoms. The predicted molar refractivity (Wildman–Crippen MR) is 135 cm³/mol. The van der Waals surface area contributed by atoms with E-state index in [1.165, 1.54) is 0 Å². The highest BCUT2D eigenvalue weighted by atomic mass is 16.5. The van der Waals surface area contributed by atoms with Crippen molar-refractivity contribution >= 4 is 11.6 Å². The van der Waals surface area contributed by atoms with Crippen molar-refractivity contribution in [3.05, 3.63) is 90.4 Å². The van der Waals surface area contributed by atoms with Gasteiger partial charge in [-0.1, -0.05) is 43.0 Å². The smallest absolute Gasteiger partial charge is 0.225 e. The van der Waals surface area contributed by atoms with Crippen molar-refractivity contribution in [3.8, 4) is 11.5 Å². The van der Waals surface area contributed by atoms with Crippen LogP contribution in [-0.2, 0) is 24.3 Å². The van der Waals surface area contributed by atoms with E-state index in [-0.39, 0.29) is 5.91 Å². The van der Waals surface area contributed by atoms with Crippen LogP contribution in [0.25, 0.3) is 0 Å². The van der Waals surface area contributed by atoms with Gasteiger partial charge in [0.1, 0.15) is 12.4 Å². The Morgan fingerprint density at radius 3 is 2.69 bits per heavy atom. The first-order valence-electron chi connectivity index (χ1n) is 11.8. The molecule has 0 bridgehead atoms. The van der Waals surface area contributed by atoms with Gasteiger partial charge in [-0.15, -0.1) is 0 Å². The maximum atomic E-state index is 13.2. The van der Waals surface area contributed by atoms with Crippen LogP contribution in [0.15, 0.2) is 77.9 Å². The normalized spacial score (nSPS) is 14.6. The Kier molecular flexibility index (Phi) is 8.11. The summed E-state index contributed by atoms with van der Waals surface area (Å²) in [6, 6.07) is 17.4. The van der Waals surface area contributed by atoms with Gasteiger partial charge >= 0.3 is 0 Å². The van der Waals surface area contributed by atoms with Gasteiger partial charge in [0.2, 0.25) is 5.91 Å². The molecular formula is C28H32N2O5. The average molecular weight is 477 g/mol. The van der Waals surface area contributed by atoms with E-state index in [0.717, 1.165) is 16.8 Å². The van der Waals surface area contributed by atoms with Crippen LogP contribution in [0.5, 0.6) is 11.5 Å². The Hall–Kier alpha value is -3.71. The number of anilines is 1. The van der Waals surface area contributed by atoms with Gasteiger partial charge in [-0.05, 0) is 29.8 Å². The van der Waals surface area contributed by atoms with E-state index in [4.69, 9.17) is 13.9 Å². The molecule has 35 heavy (non-hydrogen) atoms. The van der Waals surface area contributed by atoms with Gasteiger partial charge in [-0.2, -0.15) is 0 Å². The van der Waals surface area contributed by atoms with Crippen molar-refractivity contribution in [1.29, 1.82) is 0 Å². The van der Waals surface area contributed by atoms with Crippen LogP contribution < -0.4 is 14.4 Å². The molecule has 1 aromatic heterocycles. The lowest BCUT2D eigenvalue weighted by molar-refractivity contribution is -0.132. The number of aliphatic hydroxyl groups excluding tert-OH is 1. The number of rotatable bonds is 10. The predicted octanol–water partition coefficient (Wildman–Crippen LogP) is 4.20. The van der Waals surface area contributed by atoms with E-state index in [2.05, 4.69) is 11.5 Å². The number of ether oxygens (including phenoxy) is 2. The summed E-state index contributed by atoms with van der Waals surface area (Å²) in [7, 11) is 1.60. The second kappa shape index (κ2) is 11.6. The molecule has 4 rings (SSSR count). The third kappa shape index (κ3) is 6.05. The van der Waals surface area contributed by atoms with Crippen LogP contribution in [-0.4, -0.2) is 48.8 Å². The van der Waals surface area contributed by atoms with Crippen LogP contribution in [0.1, 0.15) is 23.3 Å². The van der Waals surface area contributed by atoms with Crippen molar-refractivity contribution in [1.82, 2.24) is 4.90 Å². The lowest BCUT2D eigenvalue weighted by Gasteiger charge is -2.35. The fraction of sp³-hybridized carbons (Fsp3) is 0.321. The molecule has 0 radical (unpaired) electrons. The molecular weight excluding hydrogens is 444 g/mol. The van der Waals surface area contributed by atoms with E-state index < -0.39 is 6.10 Å². The minimum Gasteiger partial charge on any atom is -0.493 e. The number of methoxy groups -OCH3 is 1. The Balaban J connectivity index is 1.68. The zero-order valence-corrected chi connectivity index (χ0v) is 20.1. The lowest BCUT2D eigenvalue weighted by Crippen LogP contribution is -2.41. The maximum Gasteiger partial charge on any atom is 0.225 e. The number of amides is 1. The summed E-state index contributed by atoms with van der Waals surface area (Å²) in [5.41, 5.74) is 2.81. The molecule has 2 aromatic carbocycles. The number of aliphatic hydroxyl groups is 1. The molecule has 2 heterocycles. The summed E-state index contributed by atoms with van der Waals surface area (Å²) < 4.78 is 17.1. The quantitative estimate of drug-likeness (QED) is 0.442. The molecule has 1 atom stereocenters. The Labute approximate surface area is 206 Å². The van der Waals surface area contributed by atoms with Gasteiger partial charge in [-0.3, -0.25) is 4.79 Å². The molecule has 1 aliphatic rings. The SMILES string of the molecule is C=CCOc1c(OC)ccc2c1CN(Cc1ccco1)C(=O)CCN2CC(O)Cc1ccccc1. The molecule has 0 saturated carbocycles. The second-order valence-corrected chi connectivity index (χ2v) is 8.56. The fourth-order valence-electron chi connectivity index (χ4n) is 4.42. The van der Waals surface area contributed by atoms with Crippen molar-refractivity contribution in [2.45, 2.75) is 32.0 Å². The summed E-state index contributed by atoms with van der Waals surface area (Å²) in [6.07, 6.45) is 3.54. The van der Waals surface area contributed by atoms with Gasteiger partial charge in [0.25, 0.3) is 0 Å². The van der Waals surface area contributed by atoms with Crippen LogP contribution in [0.2, 0.25) is 0 Å². The van der Waals surface area contributed by atoms with Gasteiger partial charge in [-0.25, -0.2) is 0 Å². The minimum absolute atomic E-state index is 0.00656. The minimum atomic E-state index is -0.598. The number of fused-ring (bicyclic) bond motifs is 1. The van der Waals surface area contributed by atoms with E-state index in [1.807, 2.05) is 54.6 Å². The molecule has 0 saturated heterocycles. The number of hydrogen-bond acceptors (Lipinski definition) is 6. The molecule has 7 nitrogen and oxygen atoms in total. The standard InChI is InChI=1S/C28H32N2O5/c1-3-15-35-28-24-20-30(19-23-10-7-16-34-23)27(32)13-14-29(25(24)11-12-26(28)33-2)18-22(31)17-21-8-5-4-6-9-21/h3-12,16,22,31H,1,13-15,17-20H2,2H3. The summed E-state index contributed by atoms with van der Waals surface area (Å²) in [5, 5.41) is 10.9. The molecule has 1 amide bonds. The van der Waals surface area contributed by atoms with Gasteiger partial charge < -0.3 is 28.8 Å². The van der Waals surface area contributed by atoms with E-state index in [1.54, 1.807) is 24.3 Å². The number of β-amino-alcohol motifs (C(OH)–C–C–N with tert-alkyl or cyclic N) is 1. The summed E-state index contributed by atoms with van der Waals surface area (Å²) in [4.78, 5) is 17.1. The number of carbonyl (C=O) groups is 1. The first-order valence-corrected chi connectivity index (χ1v) is 11.8. The van der Waals surface area contributed by atoms with Crippen LogP contribution in [0.3, 0.4) is 0 Å². The largest absolute Gasteiger partial charge is 0.493 e. The first-order chi connectivity index (χ1) is 17.1. The summed E-state index contributed by atoms with van der Waals surface area (Å²) in [5.74, 6) is 1.88. The number of benzene rings is 2.